The highest BCUT2D eigenvalue weighted by Gasteiger charge is 2.84. The van der Waals surface area contributed by atoms with Crippen LogP contribution in [-0.4, -0.2) is 62.4 Å². The summed E-state index contributed by atoms with van der Waals surface area (Å²) in [6, 6.07) is 0. The van der Waals surface area contributed by atoms with Crippen LogP contribution in [0.15, 0.2) is 0 Å². The van der Waals surface area contributed by atoms with E-state index in [1.54, 1.807) is 7.11 Å². The Balaban J connectivity index is 1.67. The molecule has 88 valence electrons. The topological polar surface area (TPSA) is 62.0 Å². The second kappa shape index (κ2) is 2.31. The van der Waals surface area contributed by atoms with Gasteiger partial charge in [-0.15, -0.1) is 0 Å². The van der Waals surface area contributed by atoms with Crippen molar-refractivity contribution in [3.63, 3.8) is 0 Å². The predicted octanol–water partition coefficient (Wildman–Crippen LogP) is -0.981. The zero-order valence-electron chi connectivity index (χ0n) is 8.75. The molecule has 16 heavy (non-hydrogen) atoms. The highest BCUT2D eigenvalue weighted by atomic mass is 16.9. The van der Waals surface area contributed by atoms with Crippen molar-refractivity contribution in [2.24, 2.45) is 0 Å². The van der Waals surface area contributed by atoms with Gasteiger partial charge in [0.1, 0.15) is 35.6 Å². The molecule has 0 aromatic heterocycles. The fraction of sp³-hybridized carbons (Fsp3) is 1.00. The summed E-state index contributed by atoms with van der Waals surface area (Å²) in [4.78, 5) is 0. The molecule has 4 bridgehead atoms. The van der Waals surface area contributed by atoms with Gasteiger partial charge in [-0.1, -0.05) is 0 Å². The molecule has 2 spiro atoms. The molecule has 0 radical (unpaired) electrons. The van der Waals surface area contributed by atoms with Crippen molar-refractivity contribution >= 4 is 0 Å². The predicted molar refractivity (Wildman–Crippen MR) is 46.6 cm³/mol. The van der Waals surface area contributed by atoms with E-state index in [-0.39, 0.29) is 35.6 Å². The summed E-state index contributed by atoms with van der Waals surface area (Å²) in [5.74, 6) is 0. The molecule has 0 amide bonds. The first-order chi connectivity index (χ1) is 7.80. The van der Waals surface area contributed by atoms with E-state index >= 15 is 0 Å². The molecule has 1 aliphatic carbocycles. The normalized spacial score (nSPS) is 69.2. The number of hydrogen-bond donors (Lipinski definition) is 0. The van der Waals surface area contributed by atoms with Crippen LogP contribution in [-0.2, 0) is 28.4 Å². The molecule has 5 aliphatic heterocycles. The van der Waals surface area contributed by atoms with Gasteiger partial charge >= 0.3 is 0 Å². The second-order valence-corrected chi connectivity index (χ2v) is 5.11. The molecule has 6 nitrogen and oxygen atoms in total. The van der Waals surface area contributed by atoms with E-state index in [0.717, 1.165) is 0 Å². The van der Waals surface area contributed by atoms with Crippen LogP contribution in [0.2, 0.25) is 0 Å². The Bertz CT molecular complexity index is 332. The monoisotopic (exact) mass is 228 g/mol. The summed E-state index contributed by atoms with van der Waals surface area (Å²) in [6.07, 6.45) is -0.361. The van der Waals surface area contributed by atoms with Gasteiger partial charge in [-0.3, -0.25) is 0 Å². The number of ether oxygens (including phenoxy) is 6. The minimum Gasteiger partial charge on any atom is -0.376 e. The van der Waals surface area contributed by atoms with Crippen molar-refractivity contribution in [3.8, 4) is 0 Å². The van der Waals surface area contributed by atoms with Gasteiger partial charge in [-0.25, -0.2) is 0 Å². The van der Waals surface area contributed by atoms with E-state index in [1.807, 2.05) is 0 Å². The summed E-state index contributed by atoms with van der Waals surface area (Å²) in [5, 5.41) is 0. The van der Waals surface area contributed by atoms with Crippen molar-refractivity contribution < 1.29 is 28.4 Å². The molecule has 5 saturated heterocycles. The summed E-state index contributed by atoms with van der Waals surface area (Å²) in [5.41, 5.74) is -0.706. The van der Waals surface area contributed by atoms with Gasteiger partial charge < -0.3 is 28.4 Å². The summed E-state index contributed by atoms with van der Waals surface area (Å²) >= 11 is 0. The van der Waals surface area contributed by atoms with Gasteiger partial charge in [0.2, 0.25) is 0 Å². The largest absolute Gasteiger partial charge is 0.376 e. The van der Waals surface area contributed by atoms with Crippen LogP contribution >= 0.6 is 0 Å². The standard InChI is InChI=1S/C10H12O6/c1-11-4-5-9(2-12-9)7-10(3-13-10)6(4)15-8(14-5)16-7/h4-8H,2-3H2,1H3/t4?,5-,6+,7?,8?,9+,10-. The Hall–Kier alpha value is -0.240. The quantitative estimate of drug-likeness (QED) is 0.537. The Labute approximate surface area is 91.7 Å². The van der Waals surface area contributed by atoms with Gasteiger partial charge in [-0.2, -0.15) is 0 Å². The molecule has 1 saturated carbocycles. The number of methoxy groups -OCH3 is 1. The van der Waals surface area contributed by atoms with Crippen LogP contribution in [0, 0.1) is 0 Å². The Morgan fingerprint density at radius 1 is 1.00 bits per heavy atom. The second-order valence-electron chi connectivity index (χ2n) is 5.11. The Kier molecular flexibility index (Phi) is 1.27. The molecule has 6 rings (SSSR count). The molecule has 6 heteroatoms. The molecule has 0 aromatic carbocycles. The number of rotatable bonds is 1. The smallest absolute Gasteiger partial charge is 0.273 e. The molecular formula is C10H12O6. The maximum atomic E-state index is 5.72. The fourth-order valence-electron chi connectivity index (χ4n) is 3.53. The summed E-state index contributed by atoms with van der Waals surface area (Å²) in [6.45, 7) is 0.746. The lowest BCUT2D eigenvalue weighted by molar-refractivity contribution is -0.476. The third-order valence-corrected chi connectivity index (χ3v) is 4.44. The van der Waals surface area contributed by atoms with Crippen molar-refractivity contribution in [2.45, 2.75) is 42.1 Å². The summed E-state index contributed by atoms with van der Waals surface area (Å²) in [7, 11) is 1.67. The first-order valence-corrected chi connectivity index (χ1v) is 5.57. The maximum absolute atomic E-state index is 5.72. The average Bonchev–Trinajstić information content (AvgIpc) is 3.19. The van der Waals surface area contributed by atoms with Crippen molar-refractivity contribution in [3.05, 3.63) is 0 Å². The lowest BCUT2D eigenvalue weighted by Crippen LogP contribution is -2.78. The van der Waals surface area contributed by atoms with E-state index in [0.29, 0.717) is 13.2 Å². The van der Waals surface area contributed by atoms with Gasteiger partial charge in [0.05, 0.1) is 13.2 Å². The van der Waals surface area contributed by atoms with Gasteiger partial charge in [0, 0.05) is 7.11 Å². The van der Waals surface area contributed by atoms with Gasteiger partial charge in [0.25, 0.3) is 6.48 Å². The van der Waals surface area contributed by atoms with Crippen LogP contribution < -0.4 is 0 Å². The van der Waals surface area contributed by atoms with Crippen LogP contribution in [0.25, 0.3) is 0 Å². The highest BCUT2D eigenvalue weighted by molar-refractivity contribution is 5.29. The lowest BCUT2D eigenvalue weighted by Gasteiger charge is -2.57. The van der Waals surface area contributed by atoms with E-state index in [1.165, 1.54) is 0 Å². The van der Waals surface area contributed by atoms with Crippen LogP contribution in [0.1, 0.15) is 0 Å². The molecular weight excluding hydrogens is 216 g/mol. The molecule has 0 aromatic rings. The van der Waals surface area contributed by atoms with E-state index < -0.39 is 6.48 Å². The van der Waals surface area contributed by atoms with Crippen molar-refractivity contribution in [2.75, 3.05) is 20.3 Å². The zero-order valence-corrected chi connectivity index (χ0v) is 8.75. The molecule has 5 heterocycles. The highest BCUT2D eigenvalue weighted by Crippen LogP contribution is 2.61. The van der Waals surface area contributed by atoms with Gasteiger partial charge in [0.15, 0.2) is 0 Å². The van der Waals surface area contributed by atoms with E-state index in [2.05, 4.69) is 0 Å². The molecule has 6 fully saturated rings. The fourth-order valence-corrected chi connectivity index (χ4v) is 3.53. The lowest BCUT2D eigenvalue weighted by atomic mass is 9.71. The van der Waals surface area contributed by atoms with Crippen LogP contribution in [0.5, 0.6) is 0 Å². The molecule has 0 N–H and O–H groups in total. The van der Waals surface area contributed by atoms with Crippen molar-refractivity contribution in [1.29, 1.82) is 0 Å². The third-order valence-electron chi connectivity index (χ3n) is 4.44. The Morgan fingerprint density at radius 3 is 2.00 bits per heavy atom. The minimum absolute atomic E-state index is 0.0612. The molecule has 3 unspecified atom stereocenters. The third kappa shape index (κ3) is 0.721. The van der Waals surface area contributed by atoms with Gasteiger partial charge in [-0.05, 0) is 0 Å². The van der Waals surface area contributed by atoms with Crippen LogP contribution in [0.3, 0.4) is 0 Å². The molecule has 7 atom stereocenters. The van der Waals surface area contributed by atoms with E-state index in [4.69, 9.17) is 28.4 Å². The minimum atomic E-state index is -0.573. The Morgan fingerprint density at radius 2 is 1.56 bits per heavy atom. The number of hydrogen-bond acceptors (Lipinski definition) is 6. The molecule has 6 aliphatic rings. The van der Waals surface area contributed by atoms with E-state index in [9.17, 15) is 0 Å². The van der Waals surface area contributed by atoms with Crippen LogP contribution in [0.4, 0.5) is 0 Å². The maximum Gasteiger partial charge on any atom is 0.273 e. The summed E-state index contributed by atoms with van der Waals surface area (Å²) < 4.78 is 33.8. The zero-order chi connectivity index (χ0) is 10.5. The first-order valence-electron chi connectivity index (χ1n) is 5.57. The van der Waals surface area contributed by atoms with Crippen molar-refractivity contribution in [1.82, 2.24) is 0 Å². The number of epoxide rings is 2. The SMILES string of the molecule is COC1[C@H]2OC3OC([C@@]4(CO4)[C@H]1O3)[C@]21CO1. The average molecular weight is 228 g/mol. The first kappa shape index (κ1) is 8.79.